The van der Waals surface area contributed by atoms with Gasteiger partial charge in [0.25, 0.3) is 0 Å². The highest BCUT2D eigenvalue weighted by atomic mass is 35.5. The molecule has 1 aliphatic rings. The SMILES string of the molecule is CN(C)c1c(Cl)cccc1NC1COC1. The quantitative estimate of drug-likeness (QED) is 0.856. The van der Waals surface area contributed by atoms with E-state index in [4.69, 9.17) is 16.3 Å². The normalized spacial score (nSPS) is 15.9. The number of ether oxygens (including phenoxy) is 1. The second-order valence-corrected chi connectivity index (χ2v) is 4.32. The average Bonchev–Trinajstić information content (AvgIpc) is 2.10. The Morgan fingerprint density at radius 2 is 2.13 bits per heavy atom. The number of nitrogens with one attached hydrogen (secondary N) is 1. The average molecular weight is 227 g/mol. The Morgan fingerprint density at radius 1 is 1.40 bits per heavy atom. The summed E-state index contributed by atoms with van der Waals surface area (Å²) in [5.41, 5.74) is 2.10. The topological polar surface area (TPSA) is 24.5 Å². The fourth-order valence-electron chi connectivity index (χ4n) is 1.63. The van der Waals surface area contributed by atoms with Gasteiger partial charge in [-0.2, -0.15) is 0 Å². The number of para-hydroxylation sites is 1. The second kappa shape index (κ2) is 4.29. The maximum Gasteiger partial charge on any atom is 0.0786 e. The van der Waals surface area contributed by atoms with Gasteiger partial charge in [-0.1, -0.05) is 17.7 Å². The van der Waals surface area contributed by atoms with Crippen molar-refractivity contribution in [1.82, 2.24) is 0 Å². The largest absolute Gasteiger partial charge is 0.377 e. The molecule has 0 spiro atoms. The number of benzene rings is 1. The molecule has 1 N–H and O–H groups in total. The minimum atomic E-state index is 0.419. The molecule has 0 aliphatic carbocycles. The highest BCUT2D eigenvalue weighted by Gasteiger charge is 2.20. The van der Waals surface area contributed by atoms with E-state index < -0.39 is 0 Å². The molecule has 2 rings (SSSR count). The van der Waals surface area contributed by atoms with Gasteiger partial charge in [-0.05, 0) is 12.1 Å². The van der Waals surface area contributed by atoms with E-state index in [1.165, 1.54) is 0 Å². The number of hydrogen-bond donors (Lipinski definition) is 1. The first-order chi connectivity index (χ1) is 7.18. The van der Waals surface area contributed by atoms with Crippen LogP contribution in [-0.2, 0) is 4.74 Å². The molecule has 1 aromatic rings. The molecule has 82 valence electrons. The van der Waals surface area contributed by atoms with Gasteiger partial charge >= 0.3 is 0 Å². The first kappa shape index (κ1) is 10.6. The van der Waals surface area contributed by atoms with Gasteiger partial charge in [0.2, 0.25) is 0 Å². The zero-order valence-electron chi connectivity index (χ0n) is 8.96. The number of anilines is 2. The van der Waals surface area contributed by atoms with Crippen LogP contribution in [0.1, 0.15) is 0 Å². The molecule has 1 aromatic carbocycles. The predicted molar refractivity (Wildman–Crippen MR) is 64.0 cm³/mol. The van der Waals surface area contributed by atoms with Crippen molar-refractivity contribution in [3.63, 3.8) is 0 Å². The Balaban J connectivity index is 2.23. The maximum absolute atomic E-state index is 6.16. The smallest absolute Gasteiger partial charge is 0.0786 e. The van der Waals surface area contributed by atoms with Gasteiger partial charge in [0.1, 0.15) is 0 Å². The summed E-state index contributed by atoms with van der Waals surface area (Å²) in [6, 6.07) is 6.32. The van der Waals surface area contributed by atoms with Crippen molar-refractivity contribution in [1.29, 1.82) is 0 Å². The number of nitrogens with zero attached hydrogens (tertiary/aromatic N) is 1. The van der Waals surface area contributed by atoms with E-state index in [0.717, 1.165) is 29.6 Å². The summed E-state index contributed by atoms with van der Waals surface area (Å²) >= 11 is 6.16. The predicted octanol–water partition coefficient (Wildman–Crippen LogP) is 2.22. The standard InChI is InChI=1S/C11H15ClN2O/c1-14(2)11-9(12)4-3-5-10(11)13-8-6-15-7-8/h3-5,8,13H,6-7H2,1-2H3. The van der Waals surface area contributed by atoms with Gasteiger partial charge in [-0.15, -0.1) is 0 Å². The van der Waals surface area contributed by atoms with Gasteiger partial charge in [0, 0.05) is 14.1 Å². The second-order valence-electron chi connectivity index (χ2n) is 3.91. The van der Waals surface area contributed by atoms with Crippen LogP contribution in [0.2, 0.25) is 5.02 Å². The first-order valence-corrected chi connectivity index (χ1v) is 5.36. The van der Waals surface area contributed by atoms with Gasteiger partial charge in [-0.3, -0.25) is 0 Å². The lowest BCUT2D eigenvalue weighted by atomic mass is 10.2. The Morgan fingerprint density at radius 3 is 2.67 bits per heavy atom. The minimum Gasteiger partial charge on any atom is -0.377 e. The van der Waals surface area contributed by atoms with E-state index in [1.807, 2.05) is 37.2 Å². The molecule has 15 heavy (non-hydrogen) atoms. The molecule has 1 aliphatic heterocycles. The third-order valence-corrected chi connectivity index (χ3v) is 2.74. The number of halogens is 1. The molecule has 0 bridgehead atoms. The third-order valence-electron chi connectivity index (χ3n) is 2.43. The first-order valence-electron chi connectivity index (χ1n) is 4.98. The Labute approximate surface area is 95.0 Å². The van der Waals surface area contributed by atoms with E-state index in [2.05, 4.69) is 5.32 Å². The molecule has 0 unspecified atom stereocenters. The van der Waals surface area contributed by atoms with Crippen molar-refractivity contribution in [2.45, 2.75) is 6.04 Å². The van der Waals surface area contributed by atoms with E-state index in [1.54, 1.807) is 0 Å². The van der Waals surface area contributed by atoms with Gasteiger partial charge in [-0.25, -0.2) is 0 Å². The van der Waals surface area contributed by atoms with Crippen LogP contribution in [0, 0.1) is 0 Å². The molecule has 1 fully saturated rings. The monoisotopic (exact) mass is 226 g/mol. The molecule has 0 saturated carbocycles. The minimum absolute atomic E-state index is 0.419. The van der Waals surface area contributed by atoms with Crippen LogP contribution in [-0.4, -0.2) is 33.4 Å². The lowest BCUT2D eigenvalue weighted by molar-refractivity contribution is 0.0211. The highest BCUT2D eigenvalue weighted by molar-refractivity contribution is 6.34. The highest BCUT2D eigenvalue weighted by Crippen LogP contribution is 2.33. The lowest BCUT2D eigenvalue weighted by Gasteiger charge is -2.30. The van der Waals surface area contributed by atoms with E-state index in [9.17, 15) is 0 Å². The van der Waals surface area contributed by atoms with E-state index in [-0.39, 0.29) is 0 Å². The zero-order valence-corrected chi connectivity index (χ0v) is 9.71. The summed E-state index contributed by atoms with van der Waals surface area (Å²) in [7, 11) is 3.98. The van der Waals surface area contributed by atoms with Gasteiger partial charge in [0.15, 0.2) is 0 Å². The van der Waals surface area contributed by atoms with Crippen LogP contribution >= 0.6 is 11.6 Å². The van der Waals surface area contributed by atoms with Gasteiger partial charge in [0.05, 0.1) is 35.7 Å². The Bertz CT molecular complexity index is 350. The Hall–Kier alpha value is -0.930. The van der Waals surface area contributed by atoms with Gasteiger partial charge < -0.3 is 15.0 Å². The molecule has 1 heterocycles. The molecule has 3 nitrogen and oxygen atoms in total. The fraction of sp³-hybridized carbons (Fsp3) is 0.455. The van der Waals surface area contributed by atoms with E-state index in [0.29, 0.717) is 6.04 Å². The molecular formula is C11H15ClN2O. The number of rotatable bonds is 3. The molecule has 0 aromatic heterocycles. The van der Waals surface area contributed by atoms with Crippen LogP contribution in [0.25, 0.3) is 0 Å². The van der Waals surface area contributed by atoms with Crippen molar-refractivity contribution >= 4 is 23.0 Å². The molecular weight excluding hydrogens is 212 g/mol. The van der Waals surface area contributed by atoms with E-state index >= 15 is 0 Å². The summed E-state index contributed by atoms with van der Waals surface area (Å²) in [4.78, 5) is 2.02. The summed E-state index contributed by atoms with van der Waals surface area (Å²) in [5, 5.41) is 4.19. The van der Waals surface area contributed by atoms with Crippen molar-refractivity contribution in [2.24, 2.45) is 0 Å². The summed E-state index contributed by atoms with van der Waals surface area (Å²) in [5.74, 6) is 0. The molecule has 4 heteroatoms. The third kappa shape index (κ3) is 2.19. The van der Waals surface area contributed by atoms with Crippen LogP contribution < -0.4 is 10.2 Å². The van der Waals surface area contributed by atoms with Crippen molar-refractivity contribution in [2.75, 3.05) is 37.5 Å². The van der Waals surface area contributed by atoms with Crippen molar-refractivity contribution < 1.29 is 4.74 Å². The van der Waals surface area contributed by atoms with Crippen LogP contribution in [0.15, 0.2) is 18.2 Å². The van der Waals surface area contributed by atoms with Crippen LogP contribution in [0.4, 0.5) is 11.4 Å². The fourth-order valence-corrected chi connectivity index (χ4v) is 1.97. The van der Waals surface area contributed by atoms with Crippen LogP contribution in [0.5, 0.6) is 0 Å². The zero-order chi connectivity index (χ0) is 10.8. The molecule has 0 atom stereocenters. The molecule has 0 amide bonds. The van der Waals surface area contributed by atoms with Crippen LogP contribution in [0.3, 0.4) is 0 Å². The molecule has 1 saturated heterocycles. The number of hydrogen-bond acceptors (Lipinski definition) is 3. The van der Waals surface area contributed by atoms with Crippen molar-refractivity contribution in [3.8, 4) is 0 Å². The summed E-state index contributed by atoms with van der Waals surface area (Å²) in [6.45, 7) is 1.55. The lowest BCUT2D eigenvalue weighted by Crippen LogP contribution is -2.40. The maximum atomic E-state index is 6.16. The van der Waals surface area contributed by atoms with Crippen molar-refractivity contribution in [3.05, 3.63) is 23.2 Å². The summed E-state index contributed by atoms with van der Waals surface area (Å²) in [6.07, 6.45) is 0. The molecule has 0 radical (unpaired) electrons. The summed E-state index contributed by atoms with van der Waals surface area (Å²) < 4.78 is 5.13. The Kier molecular flexibility index (Phi) is 3.03.